The molecule has 1 aliphatic rings. The number of allylic oxidation sites excluding steroid dienone is 4. The van der Waals surface area contributed by atoms with Gasteiger partial charge in [-0.1, -0.05) is 24.3 Å². The van der Waals surface area contributed by atoms with E-state index < -0.39 is 0 Å². The van der Waals surface area contributed by atoms with Gasteiger partial charge in [0.25, 0.3) is 5.56 Å². The molecule has 0 aliphatic heterocycles. The number of pyridine rings is 1. The van der Waals surface area contributed by atoms with Gasteiger partial charge >= 0.3 is 0 Å². The third-order valence-electron chi connectivity index (χ3n) is 3.60. The quantitative estimate of drug-likeness (QED) is 0.758. The second-order valence-electron chi connectivity index (χ2n) is 5.31. The Kier molecular flexibility index (Phi) is 5.11. The highest BCUT2D eigenvalue weighted by Gasteiger charge is 2.11. The van der Waals surface area contributed by atoms with Gasteiger partial charge in [-0.05, 0) is 30.7 Å². The van der Waals surface area contributed by atoms with Crippen LogP contribution in [0, 0.1) is 0 Å². The number of aromatic nitrogens is 1. The van der Waals surface area contributed by atoms with Crippen molar-refractivity contribution in [3.63, 3.8) is 0 Å². The Balaban J connectivity index is 1.59. The topological polar surface area (TPSA) is 40.5 Å². The third-order valence-corrected chi connectivity index (χ3v) is 3.60. The molecule has 0 spiro atoms. The minimum absolute atomic E-state index is 0.274. The van der Waals surface area contributed by atoms with Crippen LogP contribution in [0.4, 0.5) is 4.39 Å². The summed E-state index contributed by atoms with van der Waals surface area (Å²) in [6, 6.07) is 12.4. The Morgan fingerprint density at radius 2 is 1.79 bits per heavy atom. The minimum Gasteiger partial charge on any atom is -0.490 e. The molecule has 5 heteroatoms. The number of nitrogens with zero attached hydrogens (tertiary/aromatic N) is 1. The summed E-state index contributed by atoms with van der Waals surface area (Å²) in [6.07, 6.45) is 6.00. The van der Waals surface area contributed by atoms with E-state index in [4.69, 9.17) is 9.47 Å². The van der Waals surface area contributed by atoms with Gasteiger partial charge in [0, 0.05) is 18.7 Å². The summed E-state index contributed by atoms with van der Waals surface area (Å²) in [4.78, 5) is 12.2. The number of benzene rings is 1. The first-order valence-electron chi connectivity index (χ1n) is 7.83. The highest BCUT2D eigenvalue weighted by molar-refractivity contribution is 5.61. The van der Waals surface area contributed by atoms with Crippen LogP contribution < -0.4 is 15.0 Å². The molecule has 0 radical (unpaired) electrons. The minimum atomic E-state index is -0.326. The maximum absolute atomic E-state index is 13.8. The normalized spacial score (nSPS) is 13.9. The number of ether oxygens (including phenoxy) is 2. The molecule has 1 aromatic heterocycles. The van der Waals surface area contributed by atoms with Crippen molar-refractivity contribution in [3.05, 3.63) is 77.0 Å². The molecule has 0 N–H and O–H groups in total. The van der Waals surface area contributed by atoms with E-state index in [1.54, 1.807) is 12.1 Å². The predicted octanol–water partition coefficient (Wildman–Crippen LogP) is 3.79. The van der Waals surface area contributed by atoms with Gasteiger partial charge in [-0.15, -0.1) is 0 Å². The van der Waals surface area contributed by atoms with Crippen LogP contribution in [0.5, 0.6) is 11.5 Å². The van der Waals surface area contributed by atoms with Crippen LogP contribution in [0.2, 0.25) is 0 Å². The van der Waals surface area contributed by atoms with Gasteiger partial charge in [-0.2, -0.15) is 0 Å². The first-order chi connectivity index (χ1) is 11.7. The smallest absolute Gasteiger partial charge is 0.258 e. The van der Waals surface area contributed by atoms with Crippen molar-refractivity contribution in [2.45, 2.75) is 12.8 Å². The van der Waals surface area contributed by atoms with Gasteiger partial charge in [-0.25, -0.2) is 4.39 Å². The van der Waals surface area contributed by atoms with Crippen LogP contribution in [0.15, 0.2) is 71.4 Å². The van der Waals surface area contributed by atoms with E-state index in [-0.39, 0.29) is 11.4 Å². The van der Waals surface area contributed by atoms with Crippen LogP contribution >= 0.6 is 0 Å². The fraction of sp³-hybridized carbons (Fsp3) is 0.211. The number of hydrogen-bond donors (Lipinski definition) is 0. The number of halogens is 1. The number of hydrogen-bond acceptors (Lipinski definition) is 3. The first-order valence-corrected chi connectivity index (χ1v) is 7.83. The molecule has 0 amide bonds. The van der Waals surface area contributed by atoms with Crippen molar-refractivity contribution in [1.82, 2.24) is 4.57 Å². The number of rotatable bonds is 6. The standard InChI is InChI=1S/C19H18FNO3/c20-17-8-4-5-9-18(17)21-11-10-16(14-19(21)22)24-13-12-23-15-6-2-1-3-7-15/h1-3,5-7,9-11,14H,4,8,12-13H2. The Morgan fingerprint density at radius 1 is 1.04 bits per heavy atom. The van der Waals surface area contributed by atoms with Crippen molar-refractivity contribution in [3.8, 4) is 11.5 Å². The second kappa shape index (κ2) is 7.64. The van der Waals surface area contributed by atoms with Crippen molar-refractivity contribution in [2.24, 2.45) is 0 Å². The van der Waals surface area contributed by atoms with E-state index in [9.17, 15) is 9.18 Å². The number of para-hydroxylation sites is 1. The molecule has 24 heavy (non-hydrogen) atoms. The van der Waals surface area contributed by atoms with Crippen molar-refractivity contribution < 1.29 is 13.9 Å². The Bertz CT molecular complexity index is 809. The molecule has 2 aromatic rings. The van der Waals surface area contributed by atoms with Gasteiger partial charge in [-0.3, -0.25) is 9.36 Å². The van der Waals surface area contributed by atoms with E-state index in [0.29, 0.717) is 37.5 Å². The zero-order valence-corrected chi connectivity index (χ0v) is 13.2. The molecule has 1 heterocycles. The van der Waals surface area contributed by atoms with E-state index >= 15 is 0 Å². The molecule has 0 bridgehead atoms. The molecule has 4 nitrogen and oxygen atoms in total. The van der Waals surface area contributed by atoms with Crippen LogP contribution in [0.3, 0.4) is 0 Å². The van der Waals surface area contributed by atoms with Crippen LogP contribution in [-0.2, 0) is 0 Å². The molecule has 0 unspecified atom stereocenters. The fourth-order valence-electron chi connectivity index (χ4n) is 2.42. The summed E-state index contributed by atoms with van der Waals surface area (Å²) in [6.45, 7) is 0.685. The highest BCUT2D eigenvalue weighted by Crippen LogP contribution is 2.23. The molecule has 0 fully saturated rings. The Hall–Kier alpha value is -2.82. The maximum Gasteiger partial charge on any atom is 0.258 e. The third kappa shape index (κ3) is 3.93. The molecule has 1 aliphatic carbocycles. The molecular weight excluding hydrogens is 309 g/mol. The fourth-order valence-corrected chi connectivity index (χ4v) is 2.42. The SMILES string of the molecule is O=c1cc(OCCOc2ccccc2)ccn1C1=C(F)CCC=C1. The largest absolute Gasteiger partial charge is 0.490 e. The Labute approximate surface area is 139 Å². The Morgan fingerprint density at radius 3 is 2.50 bits per heavy atom. The zero-order valence-electron chi connectivity index (χ0n) is 13.2. The lowest BCUT2D eigenvalue weighted by atomic mass is 10.1. The van der Waals surface area contributed by atoms with Gasteiger partial charge < -0.3 is 9.47 Å². The van der Waals surface area contributed by atoms with Crippen molar-refractivity contribution in [1.29, 1.82) is 0 Å². The van der Waals surface area contributed by atoms with Gasteiger partial charge in [0.2, 0.25) is 0 Å². The molecule has 3 rings (SSSR count). The molecule has 0 saturated heterocycles. The highest BCUT2D eigenvalue weighted by atomic mass is 19.1. The van der Waals surface area contributed by atoms with Crippen LogP contribution in [0.25, 0.3) is 5.70 Å². The van der Waals surface area contributed by atoms with Gasteiger partial charge in [0.1, 0.15) is 30.5 Å². The van der Waals surface area contributed by atoms with E-state index in [2.05, 4.69) is 0 Å². The monoisotopic (exact) mass is 327 g/mol. The maximum atomic E-state index is 13.8. The van der Waals surface area contributed by atoms with E-state index in [0.717, 1.165) is 5.75 Å². The average Bonchev–Trinajstić information content (AvgIpc) is 2.61. The summed E-state index contributed by atoms with van der Waals surface area (Å²) in [5.74, 6) is 0.932. The summed E-state index contributed by atoms with van der Waals surface area (Å²) < 4.78 is 26.2. The molecule has 0 atom stereocenters. The molecule has 0 saturated carbocycles. The van der Waals surface area contributed by atoms with E-state index in [1.807, 2.05) is 36.4 Å². The van der Waals surface area contributed by atoms with Crippen molar-refractivity contribution >= 4 is 5.70 Å². The molecular formula is C19H18FNO3. The lowest BCUT2D eigenvalue weighted by Gasteiger charge is -2.13. The second-order valence-corrected chi connectivity index (χ2v) is 5.31. The summed E-state index contributed by atoms with van der Waals surface area (Å²) >= 11 is 0. The van der Waals surface area contributed by atoms with Crippen molar-refractivity contribution in [2.75, 3.05) is 13.2 Å². The van der Waals surface area contributed by atoms with Gasteiger partial charge in [0.05, 0.1) is 5.70 Å². The lowest BCUT2D eigenvalue weighted by Crippen LogP contribution is -2.19. The molecule has 124 valence electrons. The lowest BCUT2D eigenvalue weighted by molar-refractivity contribution is 0.217. The zero-order chi connectivity index (χ0) is 16.8. The van der Waals surface area contributed by atoms with Crippen LogP contribution in [-0.4, -0.2) is 17.8 Å². The molecule has 1 aromatic carbocycles. The van der Waals surface area contributed by atoms with E-state index in [1.165, 1.54) is 16.8 Å². The summed E-state index contributed by atoms with van der Waals surface area (Å²) in [5.41, 5.74) is -0.0293. The predicted molar refractivity (Wildman–Crippen MR) is 90.8 cm³/mol. The average molecular weight is 327 g/mol. The summed E-state index contributed by atoms with van der Waals surface area (Å²) in [5, 5.41) is 0. The first kappa shape index (κ1) is 16.1. The summed E-state index contributed by atoms with van der Waals surface area (Å²) in [7, 11) is 0. The van der Waals surface area contributed by atoms with Crippen LogP contribution in [0.1, 0.15) is 12.8 Å². The van der Waals surface area contributed by atoms with Gasteiger partial charge in [0.15, 0.2) is 0 Å².